The molecule has 2 nitrogen and oxygen atoms in total. The number of fused-ring (bicyclic) bond motifs is 1. The summed E-state index contributed by atoms with van der Waals surface area (Å²) in [6.45, 7) is 3.82. The van der Waals surface area contributed by atoms with Crippen molar-refractivity contribution in [2.24, 2.45) is 0 Å². The smallest absolute Gasteiger partial charge is 0.166 e. The molecule has 2 aromatic rings. The first-order valence-corrected chi connectivity index (χ1v) is 5.56. The third-order valence-electron chi connectivity index (χ3n) is 2.64. The van der Waals surface area contributed by atoms with E-state index in [0.717, 1.165) is 16.3 Å². The van der Waals surface area contributed by atoms with Crippen LogP contribution in [-0.4, -0.2) is 12.4 Å². The van der Waals surface area contributed by atoms with Crippen LogP contribution in [0, 0.1) is 0 Å². The van der Waals surface area contributed by atoms with E-state index in [0.29, 0.717) is 13.0 Å². The Balaban J connectivity index is 2.18. The van der Waals surface area contributed by atoms with Crippen molar-refractivity contribution in [1.82, 2.24) is 0 Å². The molecule has 0 amide bonds. The Bertz CT molecular complexity index is 543. The van der Waals surface area contributed by atoms with Crippen molar-refractivity contribution >= 4 is 16.6 Å². The van der Waals surface area contributed by atoms with Crippen LogP contribution in [0.2, 0.25) is 0 Å². The summed E-state index contributed by atoms with van der Waals surface area (Å²) in [5.74, 6) is 0.0950. The quantitative estimate of drug-likeness (QED) is 0.442. The van der Waals surface area contributed by atoms with Gasteiger partial charge < -0.3 is 4.74 Å². The number of Topliss-reactive ketones (excluding diaryl/α,β-unsaturated/α-hetero) is 1. The van der Waals surface area contributed by atoms with Gasteiger partial charge >= 0.3 is 0 Å². The maximum Gasteiger partial charge on any atom is 0.166 e. The standard InChI is InChI=1S/C15H14O2/c1-2-17-10-9-15(16)14-8-7-12-5-3-4-6-13(12)11-14/h2-8,11H,1,9-10H2. The van der Waals surface area contributed by atoms with Crippen LogP contribution in [0.25, 0.3) is 10.8 Å². The molecule has 0 heterocycles. The zero-order chi connectivity index (χ0) is 12.1. The number of benzene rings is 2. The summed E-state index contributed by atoms with van der Waals surface area (Å²) < 4.78 is 4.96. The van der Waals surface area contributed by atoms with E-state index in [1.165, 1.54) is 6.26 Å². The largest absolute Gasteiger partial charge is 0.501 e. The second kappa shape index (κ2) is 5.30. The lowest BCUT2D eigenvalue weighted by molar-refractivity contribution is 0.0950. The van der Waals surface area contributed by atoms with E-state index >= 15 is 0 Å². The Hall–Kier alpha value is -2.09. The van der Waals surface area contributed by atoms with Crippen LogP contribution in [0.3, 0.4) is 0 Å². The summed E-state index contributed by atoms with van der Waals surface area (Å²) >= 11 is 0. The molecule has 0 N–H and O–H groups in total. The summed E-state index contributed by atoms with van der Waals surface area (Å²) in [7, 11) is 0. The van der Waals surface area contributed by atoms with Gasteiger partial charge in [-0.15, -0.1) is 0 Å². The molecule has 17 heavy (non-hydrogen) atoms. The number of rotatable bonds is 5. The van der Waals surface area contributed by atoms with Crippen LogP contribution in [0.5, 0.6) is 0 Å². The van der Waals surface area contributed by atoms with E-state index < -0.39 is 0 Å². The number of hydrogen-bond acceptors (Lipinski definition) is 2. The summed E-state index contributed by atoms with van der Waals surface area (Å²) in [4.78, 5) is 11.8. The van der Waals surface area contributed by atoms with Gasteiger partial charge in [-0.2, -0.15) is 0 Å². The summed E-state index contributed by atoms with van der Waals surface area (Å²) in [5.41, 5.74) is 0.733. The predicted octanol–water partition coefficient (Wildman–Crippen LogP) is 3.57. The second-order valence-electron chi connectivity index (χ2n) is 3.77. The molecule has 2 aromatic carbocycles. The topological polar surface area (TPSA) is 26.3 Å². The second-order valence-corrected chi connectivity index (χ2v) is 3.77. The molecule has 2 heteroatoms. The Labute approximate surface area is 101 Å². The zero-order valence-electron chi connectivity index (χ0n) is 9.56. The minimum Gasteiger partial charge on any atom is -0.501 e. The lowest BCUT2D eigenvalue weighted by Crippen LogP contribution is -2.02. The van der Waals surface area contributed by atoms with Crippen molar-refractivity contribution in [3.8, 4) is 0 Å². The number of carbonyl (C=O) groups excluding carboxylic acids is 1. The molecule has 0 unspecified atom stereocenters. The number of carbonyl (C=O) groups is 1. The first kappa shape index (κ1) is 11.4. The Kier molecular flexibility index (Phi) is 3.55. The summed E-state index contributed by atoms with van der Waals surface area (Å²) in [6.07, 6.45) is 1.73. The number of ether oxygens (including phenoxy) is 1. The van der Waals surface area contributed by atoms with Crippen LogP contribution in [0.1, 0.15) is 16.8 Å². The Morgan fingerprint density at radius 2 is 1.94 bits per heavy atom. The van der Waals surface area contributed by atoms with E-state index in [4.69, 9.17) is 4.74 Å². The minimum absolute atomic E-state index is 0.0950. The van der Waals surface area contributed by atoms with Gasteiger partial charge in [0, 0.05) is 12.0 Å². The molecule has 0 bridgehead atoms. The van der Waals surface area contributed by atoms with Gasteiger partial charge in [-0.25, -0.2) is 0 Å². The van der Waals surface area contributed by atoms with Crippen LogP contribution in [-0.2, 0) is 4.74 Å². The number of ketones is 1. The van der Waals surface area contributed by atoms with Gasteiger partial charge in [0.15, 0.2) is 5.78 Å². The van der Waals surface area contributed by atoms with Crippen molar-refractivity contribution in [2.75, 3.05) is 6.61 Å². The molecule has 0 saturated carbocycles. The van der Waals surface area contributed by atoms with Crippen LogP contribution in [0.4, 0.5) is 0 Å². The van der Waals surface area contributed by atoms with Gasteiger partial charge in [0.05, 0.1) is 12.9 Å². The van der Waals surface area contributed by atoms with E-state index in [2.05, 4.69) is 6.58 Å². The van der Waals surface area contributed by atoms with Crippen LogP contribution < -0.4 is 0 Å². The number of hydrogen-bond donors (Lipinski definition) is 0. The first-order valence-electron chi connectivity index (χ1n) is 5.56. The third kappa shape index (κ3) is 2.72. The fraction of sp³-hybridized carbons (Fsp3) is 0.133. The summed E-state index contributed by atoms with van der Waals surface area (Å²) in [5, 5.41) is 2.23. The maximum atomic E-state index is 11.8. The molecule has 0 saturated heterocycles. The highest BCUT2D eigenvalue weighted by atomic mass is 16.5. The molecule has 0 aliphatic heterocycles. The Morgan fingerprint density at radius 1 is 1.18 bits per heavy atom. The lowest BCUT2D eigenvalue weighted by atomic mass is 10.0. The third-order valence-corrected chi connectivity index (χ3v) is 2.64. The van der Waals surface area contributed by atoms with Gasteiger partial charge in [-0.3, -0.25) is 4.79 Å². The van der Waals surface area contributed by atoms with E-state index in [1.54, 1.807) is 0 Å². The molecule has 0 aliphatic carbocycles. The SMILES string of the molecule is C=COCCC(=O)c1ccc2ccccc2c1. The average molecular weight is 226 g/mol. The highest BCUT2D eigenvalue weighted by Crippen LogP contribution is 2.16. The van der Waals surface area contributed by atoms with Gasteiger partial charge in [-0.05, 0) is 16.8 Å². The molecule has 0 atom stereocenters. The normalized spacial score (nSPS) is 10.1. The van der Waals surface area contributed by atoms with Crippen LogP contribution in [0.15, 0.2) is 55.3 Å². The van der Waals surface area contributed by atoms with Crippen molar-refractivity contribution in [2.45, 2.75) is 6.42 Å². The van der Waals surface area contributed by atoms with Crippen LogP contribution >= 0.6 is 0 Å². The van der Waals surface area contributed by atoms with Crippen molar-refractivity contribution in [3.05, 3.63) is 60.9 Å². The van der Waals surface area contributed by atoms with Gasteiger partial charge in [0.2, 0.25) is 0 Å². The van der Waals surface area contributed by atoms with Gasteiger partial charge in [0.1, 0.15) is 0 Å². The molecule has 0 fully saturated rings. The fourth-order valence-corrected chi connectivity index (χ4v) is 1.74. The molecule has 86 valence electrons. The average Bonchev–Trinajstić information content (AvgIpc) is 2.38. The first-order chi connectivity index (χ1) is 8.31. The fourth-order valence-electron chi connectivity index (χ4n) is 1.74. The molecule has 0 radical (unpaired) electrons. The maximum absolute atomic E-state index is 11.8. The molecule has 0 aliphatic rings. The lowest BCUT2D eigenvalue weighted by Gasteiger charge is -2.03. The zero-order valence-corrected chi connectivity index (χ0v) is 9.56. The van der Waals surface area contributed by atoms with Crippen molar-refractivity contribution < 1.29 is 9.53 Å². The van der Waals surface area contributed by atoms with Gasteiger partial charge in [-0.1, -0.05) is 43.0 Å². The molecular formula is C15H14O2. The van der Waals surface area contributed by atoms with Crippen molar-refractivity contribution in [1.29, 1.82) is 0 Å². The monoisotopic (exact) mass is 226 g/mol. The van der Waals surface area contributed by atoms with E-state index in [9.17, 15) is 4.79 Å². The predicted molar refractivity (Wildman–Crippen MR) is 69.0 cm³/mol. The Morgan fingerprint density at radius 3 is 2.71 bits per heavy atom. The molecule has 2 rings (SSSR count). The highest BCUT2D eigenvalue weighted by Gasteiger charge is 2.06. The van der Waals surface area contributed by atoms with E-state index in [-0.39, 0.29) is 5.78 Å². The van der Waals surface area contributed by atoms with Crippen molar-refractivity contribution in [3.63, 3.8) is 0 Å². The minimum atomic E-state index is 0.0950. The molecule has 0 spiro atoms. The molecular weight excluding hydrogens is 212 g/mol. The van der Waals surface area contributed by atoms with E-state index in [1.807, 2.05) is 42.5 Å². The van der Waals surface area contributed by atoms with Gasteiger partial charge in [0.25, 0.3) is 0 Å². The summed E-state index contributed by atoms with van der Waals surface area (Å²) in [6, 6.07) is 13.7. The highest BCUT2D eigenvalue weighted by molar-refractivity contribution is 5.99. The molecule has 0 aromatic heterocycles.